The first-order chi connectivity index (χ1) is 9.36. The summed E-state index contributed by atoms with van der Waals surface area (Å²) in [5.74, 6) is 4.36. The predicted octanol–water partition coefficient (Wildman–Crippen LogP) is 4.76. The highest BCUT2D eigenvalue weighted by Gasteiger charge is 2.40. The summed E-state index contributed by atoms with van der Waals surface area (Å²) < 4.78 is 0. The molecule has 0 aromatic carbocycles. The van der Waals surface area contributed by atoms with Crippen molar-refractivity contribution in [3.05, 3.63) is 0 Å². The van der Waals surface area contributed by atoms with Gasteiger partial charge in [0.2, 0.25) is 0 Å². The summed E-state index contributed by atoms with van der Waals surface area (Å²) in [6.07, 6.45) is 16.5. The van der Waals surface area contributed by atoms with Gasteiger partial charge in [-0.05, 0) is 75.2 Å². The first-order valence-corrected chi connectivity index (χ1v) is 9.10. The second-order valence-corrected chi connectivity index (χ2v) is 7.63. The van der Waals surface area contributed by atoms with Crippen LogP contribution in [0.1, 0.15) is 77.6 Å². The van der Waals surface area contributed by atoms with Crippen molar-refractivity contribution in [2.75, 3.05) is 6.54 Å². The van der Waals surface area contributed by atoms with Crippen LogP contribution in [0.15, 0.2) is 0 Å². The summed E-state index contributed by atoms with van der Waals surface area (Å²) in [5, 5.41) is 3.88. The summed E-state index contributed by atoms with van der Waals surface area (Å²) in [5.41, 5.74) is 0. The van der Waals surface area contributed by atoms with Gasteiger partial charge >= 0.3 is 0 Å². The van der Waals surface area contributed by atoms with Crippen LogP contribution in [0.3, 0.4) is 0 Å². The molecule has 0 spiro atoms. The Kier molecular flexibility index (Phi) is 4.84. The van der Waals surface area contributed by atoms with Crippen LogP contribution in [0.4, 0.5) is 0 Å². The molecule has 0 amide bonds. The van der Waals surface area contributed by atoms with E-state index in [0.717, 1.165) is 29.7 Å². The molecule has 5 atom stereocenters. The van der Waals surface area contributed by atoms with Crippen molar-refractivity contribution < 1.29 is 0 Å². The van der Waals surface area contributed by atoms with Crippen molar-refractivity contribution in [2.24, 2.45) is 23.7 Å². The zero-order valence-corrected chi connectivity index (χ0v) is 12.9. The highest BCUT2D eigenvalue weighted by atomic mass is 14.9. The van der Waals surface area contributed by atoms with Gasteiger partial charge in [-0.2, -0.15) is 0 Å². The number of rotatable bonds is 5. The zero-order valence-electron chi connectivity index (χ0n) is 12.9. The quantitative estimate of drug-likeness (QED) is 0.705. The molecule has 3 rings (SSSR count). The van der Waals surface area contributed by atoms with Crippen LogP contribution in [0, 0.1) is 23.7 Å². The van der Waals surface area contributed by atoms with Gasteiger partial charge in [0.15, 0.2) is 0 Å². The Hall–Kier alpha value is -0.0400. The molecule has 1 nitrogen and oxygen atoms in total. The fourth-order valence-electron chi connectivity index (χ4n) is 5.32. The zero-order chi connectivity index (χ0) is 13.1. The van der Waals surface area contributed by atoms with Gasteiger partial charge in [-0.1, -0.05) is 32.6 Å². The van der Waals surface area contributed by atoms with E-state index in [4.69, 9.17) is 0 Å². The summed E-state index contributed by atoms with van der Waals surface area (Å²) in [4.78, 5) is 0. The minimum atomic E-state index is 0.849. The first-order valence-electron chi connectivity index (χ1n) is 9.10. The van der Waals surface area contributed by atoms with E-state index in [0.29, 0.717) is 0 Å². The largest absolute Gasteiger partial charge is 0.314 e. The Morgan fingerprint density at radius 3 is 2.53 bits per heavy atom. The lowest BCUT2D eigenvalue weighted by Crippen LogP contribution is -2.37. The topological polar surface area (TPSA) is 12.0 Å². The fraction of sp³-hybridized carbons (Fsp3) is 1.00. The number of hydrogen-bond acceptors (Lipinski definition) is 1. The van der Waals surface area contributed by atoms with Crippen molar-refractivity contribution in [1.82, 2.24) is 5.32 Å². The van der Waals surface area contributed by atoms with Crippen LogP contribution in [0.2, 0.25) is 0 Å². The molecule has 0 saturated heterocycles. The van der Waals surface area contributed by atoms with E-state index in [1.807, 2.05) is 0 Å². The lowest BCUT2D eigenvalue weighted by atomic mass is 9.78. The second kappa shape index (κ2) is 6.61. The normalized spacial score (nSPS) is 42.5. The van der Waals surface area contributed by atoms with E-state index in [9.17, 15) is 0 Å². The maximum atomic E-state index is 3.88. The van der Waals surface area contributed by atoms with Crippen molar-refractivity contribution in [3.63, 3.8) is 0 Å². The van der Waals surface area contributed by atoms with Gasteiger partial charge in [0, 0.05) is 6.04 Å². The van der Waals surface area contributed by atoms with Crippen LogP contribution < -0.4 is 5.32 Å². The van der Waals surface area contributed by atoms with Crippen LogP contribution in [0.25, 0.3) is 0 Å². The Balaban J connectivity index is 1.56. The molecule has 1 N–H and O–H groups in total. The van der Waals surface area contributed by atoms with E-state index in [1.165, 1.54) is 45.1 Å². The van der Waals surface area contributed by atoms with Gasteiger partial charge in [-0.15, -0.1) is 0 Å². The summed E-state index contributed by atoms with van der Waals surface area (Å²) in [7, 11) is 0. The van der Waals surface area contributed by atoms with Crippen molar-refractivity contribution in [1.29, 1.82) is 0 Å². The third-order valence-electron chi connectivity index (χ3n) is 6.31. The third kappa shape index (κ3) is 3.35. The maximum Gasteiger partial charge on any atom is 0.00954 e. The van der Waals surface area contributed by atoms with E-state index < -0.39 is 0 Å². The summed E-state index contributed by atoms with van der Waals surface area (Å²) in [6.45, 7) is 3.53. The van der Waals surface area contributed by atoms with Gasteiger partial charge in [0.05, 0.1) is 0 Å². The molecule has 2 bridgehead atoms. The molecule has 0 radical (unpaired) electrons. The summed E-state index contributed by atoms with van der Waals surface area (Å²) >= 11 is 0. The Bertz CT molecular complexity index is 275. The van der Waals surface area contributed by atoms with Gasteiger partial charge in [-0.25, -0.2) is 0 Å². The molecule has 3 aliphatic carbocycles. The van der Waals surface area contributed by atoms with Crippen LogP contribution in [-0.4, -0.2) is 12.6 Å². The Morgan fingerprint density at radius 2 is 1.79 bits per heavy atom. The van der Waals surface area contributed by atoms with E-state index in [2.05, 4.69) is 12.2 Å². The van der Waals surface area contributed by atoms with Gasteiger partial charge < -0.3 is 5.32 Å². The molecule has 0 heterocycles. The lowest BCUT2D eigenvalue weighted by molar-refractivity contribution is 0.221. The molecule has 110 valence electrons. The SMILES string of the molecule is CCCNC1CCCCCC1CC1CC2CCC1C2. The monoisotopic (exact) mass is 263 g/mol. The molecule has 0 aliphatic heterocycles. The number of nitrogens with one attached hydrogen (secondary N) is 1. The van der Waals surface area contributed by atoms with Gasteiger partial charge in [-0.3, -0.25) is 0 Å². The molecule has 3 aliphatic rings. The average Bonchev–Trinajstić information content (AvgIpc) is 2.96. The molecular weight excluding hydrogens is 230 g/mol. The van der Waals surface area contributed by atoms with Crippen LogP contribution in [0.5, 0.6) is 0 Å². The van der Waals surface area contributed by atoms with Crippen LogP contribution >= 0.6 is 0 Å². The summed E-state index contributed by atoms with van der Waals surface area (Å²) in [6, 6.07) is 0.849. The Morgan fingerprint density at radius 1 is 0.895 bits per heavy atom. The molecule has 0 aromatic rings. The standard InChI is InChI=1S/C18H33N/c1-2-10-19-18-7-5-3-4-6-16(18)13-17-12-14-8-9-15(17)11-14/h14-19H,2-13H2,1H3. The molecule has 19 heavy (non-hydrogen) atoms. The number of fused-ring (bicyclic) bond motifs is 2. The number of hydrogen-bond donors (Lipinski definition) is 1. The molecule has 3 saturated carbocycles. The van der Waals surface area contributed by atoms with Crippen molar-refractivity contribution in [2.45, 2.75) is 83.6 Å². The van der Waals surface area contributed by atoms with Crippen molar-refractivity contribution in [3.8, 4) is 0 Å². The fourth-order valence-corrected chi connectivity index (χ4v) is 5.32. The first kappa shape index (κ1) is 13.9. The minimum Gasteiger partial charge on any atom is -0.314 e. The molecule has 0 aromatic heterocycles. The van der Waals surface area contributed by atoms with E-state index in [-0.39, 0.29) is 0 Å². The Labute approximate surface area is 119 Å². The second-order valence-electron chi connectivity index (χ2n) is 7.63. The van der Waals surface area contributed by atoms with E-state index in [1.54, 1.807) is 32.1 Å². The third-order valence-corrected chi connectivity index (χ3v) is 6.31. The van der Waals surface area contributed by atoms with Gasteiger partial charge in [0.1, 0.15) is 0 Å². The minimum absolute atomic E-state index is 0.849. The average molecular weight is 263 g/mol. The van der Waals surface area contributed by atoms with Crippen molar-refractivity contribution >= 4 is 0 Å². The molecular formula is C18H33N. The molecule has 3 fully saturated rings. The molecule has 1 heteroatoms. The predicted molar refractivity (Wildman–Crippen MR) is 82.2 cm³/mol. The lowest BCUT2D eigenvalue weighted by Gasteiger charge is -2.31. The highest BCUT2D eigenvalue weighted by Crippen LogP contribution is 2.51. The highest BCUT2D eigenvalue weighted by molar-refractivity contribution is 4.92. The smallest absolute Gasteiger partial charge is 0.00954 e. The maximum absolute atomic E-state index is 3.88. The molecule has 5 unspecified atom stereocenters. The van der Waals surface area contributed by atoms with E-state index >= 15 is 0 Å². The van der Waals surface area contributed by atoms with Gasteiger partial charge in [0.25, 0.3) is 0 Å². The van der Waals surface area contributed by atoms with Crippen LogP contribution in [-0.2, 0) is 0 Å².